The van der Waals surface area contributed by atoms with E-state index in [9.17, 15) is 9.59 Å². The van der Waals surface area contributed by atoms with Crippen molar-refractivity contribution in [1.29, 1.82) is 0 Å². The fourth-order valence-corrected chi connectivity index (χ4v) is 1.74. The van der Waals surface area contributed by atoms with Gasteiger partial charge in [-0.2, -0.15) is 0 Å². The van der Waals surface area contributed by atoms with Gasteiger partial charge in [-0.15, -0.1) is 0 Å². The highest BCUT2D eigenvalue weighted by molar-refractivity contribution is 5.83. The normalized spacial score (nSPS) is 20.7. The van der Waals surface area contributed by atoms with Crippen molar-refractivity contribution >= 4 is 11.9 Å². The monoisotopic (exact) mass is 227 g/mol. The molecule has 0 aliphatic heterocycles. The van der Waals surface area contributed by atoms with Crippen LogP contribution in [-0.4, -0.2) is 34.7 Å². The molecule has 5 heteroatoms. The summed E-state index contributed by atoms with van der Waals surface area (Å²) in [5.41, 5.74) is 0. The topological polar surface area (TPSA) is 86.6 Å². The third kappa shape index (κ3) is 4.02. The van der Waals surface area contributed by atoms with Crippen molar-refractivity contribution in [2.45, 2.75) is 31.7 Å². The number of nitrogens with one attached hydrogen (secondary N) is 1. The maximum absolute atomic E-state index is 11.5. The van der Waals surface area contributed by atoms with E-state index in [4.69, 9.17) is 10.2 Å². The minimum atomic E-state index is -1.11. The van der Waals surface area contributed by atoms with Crippen molar-refractivity contribution in [3.63, 3.8) is 0 Å². The second-order valence-electron chi connectivity index (χ2n) is 3.94. The van der Waals surface area contributed by atoms with Crippen LogP contribution >= 0.6 is 0 Å². The Balaban J connectivity index is 2.35. The average Bonchev–Trinajstić information content (AvgIpc) is 2.69. The zero-order valence-corrected chi connectivity index (χ0v) is 9.06. The number of carbonyl (C=O) groups is 2. The van der Waals surface area contributed by atoms with E-state index in [0.717, 1.165) is 12.8 Å². The van der Waals surface area contributed by atoms with Gasteiger partial charge in [0.2, 0.25) is 5.91 Å². The SMILES string of the molecule is O=C(CC1C=CCC1)N[C@@H](CCO)C(=O)O. The summed E-state index contributed by atoms with van der Waals surface area (Å²) in [6.07, 6.45) is 6.32. The minimum absolute atomic E-state index is 0.0432. The van der Waals surface area contributed by atoms with Gasteiger partial charge in [0.1, 0.15) is 6.04 Å². The molecule has 3 N–H and O–H groups in total. The van der Waals surface area contributed by atoms with E-state index in [2.05, 4.69) is 5.32 Å². The molecule has 16 heavy (non-hydrogen) atoms. The molecule has 0 heterocycles. The Kier molecular flexibility index (Phi) is 4.98. The summed E-state index contributed by atoms with van der Waals surface area (Å²) in [7, 11) is 0. The lowest BCUT2D eigenvalue weighted by Gasteiger charge is -2.14. The van der Waals surface area contributed by atoms with Crippen LogP contribution in [0.25, 0.3) is 0 Å². The Bertz CT molecular complexity index is 288. The predicted molar refractivity (Wildman–Crippen MR) is 57.8 cm³/mol. The molecular weight excluding hydrogens is 210 g/mol. The number of hydrogen-bond donors (Lipinski definition) is 3. The lowest BCUT2D eigenvalue weighted by molar-refractivity contribution is -0.142. The first-order chi connectivity index (χ1) is 7.63. The van der Waals surface area contributed by atoms with Gasteiger partial charge >= 0.3 is 5.97 Å². The largest absolute Gasteiger partial charge is 0.480 e. The fourth-order valence-electron chi connectivity index (χ4n) is 1.74. The third-order valence-electron chi connectivity index (χ3n) is 2.61. The highest BCUT2D eigenvalue weighted by atomic mass is 16.4. The summed E-state index contributed by atoms with van der Waals surface area (Å²) >= 11 is 0. The van der Waals surface area contributed by atoms with Gasteiger partial charge in [-0.05, 0) is 18.8 Å². The van der Waals surface area contributed by atoms with Crippen molar-refractivity contribution in [1.82, 2.24) is 5.32 Å². The standard InChI is InChI=1S/C11H17NO4/c13-6-5-9(11(15)16)12-10(14)7-8-3-1-2-4-8/h1,3,8-9,13H,2,4-7H2,(H,12,14)(H,15,16)/t8?,9-/m0/s1. The molecule has 1 aliphatic rings. The number of allylic oxidation sites excluding steroid dienone is 2. The van der Waals surface area contributed by atoms with Crippen LogP contribution in [0.2, 0.25) is 0 Å². The van der Waals surface area contributed by atoms with Gasteiger partial charge in [-0.25, -0.2) is 4.79 Å². The predicted octanol–water partition coefficient (Wildman–Crippen LogP) is 0.294. The number of aliphatic hydroxyl groups excluding tert-OH is 1. The average molecular weight is 227 g/mol. The zero-order valence-electron chi connectivity index (χ0n) is 9.06. The third-order valence-corrected chi connectivity index (χ3v) is 2.61. The van der Waals surface area contributed by atoms with E-state index >= 15 is 0 Å². The number of amides is 1. The maximum Gasteiger partial charge on any atom is 0.326 e. The lowest BCUT2D eigenvalue weighted by atomic mass is 10.0. The highest BCUT2D eigenvalue weighted by Crippen LogP contribution is 2.20. The molecule has 5 nitrogen and oxygen atoms in total. The molecule has 0 aromatic rings. The molecule has 0 saturated heterocycles. The number of hydrogen-bond acceptors (Lipinski definition) is 3. The van der Waals surface area contributed by atoms with E-state index in [0.29, 0.717) is 6.42 Å². The first kappa shape index (κ1) is 12.7. The van der Waals surface area contributed by atoms with Crippen LogP contribution in [0.4, 0.5) is 0 Å². The number of rotatable bonds is 6. The van der Waals surface area contributed by atoms with Crippen molar-refractivity contribution < 1.29 is 19.8 Å². The summed E-state index contributed by atoms with van der Waals surface area (Å²) in [5.74, 6) is -1.15. The van der Waals surface area contributed by atoms with E-state index in [1.807, 2.05) is 12.2 Å². The van der Waals surface area contributed by atoms with Crippen LogP contribution in [0.15, 0.2) is 12.2 Å². The molecule has 0 fully saturated rings. The van der Waals surface area contributed by atoms with E-state index in [-0.39, 0.29) is 24.9 Å². The second-order valence-corrected chi connectivity index (χ2v) is 3.94. The van der Waals surface area contributed by atoms with Gasteiger partial charge in [0.15, 0.2) is 0 Å². The molecule has 1 amide bonds. The van der Waals surface area contributed by atoms with Crippen molar-refractivity contribution in [3.05, 3.63) is 12.2 Å². The molecular formula is C11H17NO4. The molecule has 1 unspecified atom stereocenters. The van der Waals surface area contributed by atoms with Gasteiger partial charge in [0, 0.05) is 19.4 Å². The molecule has 0 saturated carbocycles. The molecule has 0 aromatic carbocycles. The molecule has 1 aliphatic carbocycles. The van der Waals surface area contributed by atoms with Crippen LogP contribution < -0.4 is 5.32 Å². The van der Waals surface area contributed by atoms with Gasteiger partial charge in [-0.3, -0.25) is 4.79 Å². The lowest BCUT2D eigenvalue weighted by Crippen LogP contribution is -2.41. The van der Waals surface area contributed by atoms with Crippen LogP contribution in [0.5, 0.6) is 0 Å². The summed E-state index contributed by atoms with van der Waals surface area (Å²) in [5, 5.41) is 19.8. The van der Waals surface area contributed by atoms with Crippen molar-refractivity contribution in [2.24, 2.45) is 5.92 Å². The minimum Gasteiger partial charge on any atom is -0.480 e. The number of aliphatic hydroxyl groups is 1. The molecule has 90 valence electrons. The van der Waals surface area contributed by atoms with Crippen LogP contribution in [-0.2, 0) is 9.59 Å². The molecule has 0 spiro atoms. The highest BCUT2D eigenvalue weighted by Gasteiger charge is 2.21. The van der Waals surface area contributed by atoms with E-state index in [1.165, 1.54) is 0 Å². The summed E-state index contributed by atoms with van der Waals surface area (Å²) in [6.45, 7) is -0.249. The van der Waals surface area contributed by atoms with Gasteiger partial charge in [-0.1, -0.05) is 12.2 Å². The van der Waals surface area contributed by atoms with Crippen LogP contribution in [0.1, 0.15) is 25.7 Å². The number of carboxylic acid groups (broad SMARTS) is 1. The fraction of sp³-hybridized carbons (Fsp3) is 0.636. The summed E-state index contributed by atoms with van der Waals surface area (Å²) < 4.78 is 0. The van der Waals surface area contributed by atoms with Crippen molar-refractivity contribution in [2.75, 3.05) is 6.61 Å². The molecule has 0 bridgehead atoms. The van der Waals surface area contributed by atoms with E-state index < -0.39 is 12.0 Å². The van der Waals surface area contributed by atoms with Gasteiger partial charge in [0.05, 0.1) is 0 Å². The maximum atomic E-state index is 11.5. The summed E-state index contributed by atoms with van der Waals surface area (Å²) in [4.78, 5) is 22.2. The zero-order chi connectivity index (χ0) is 12.0. The van der Waals surface area contributed by atoms with E-state index in [1.54, 1.807) is 0 Å². The van der Waals surface area contributed by atoms with Gasteiger partial charge in [0.25, 0.3) is 0 Å². The Morgan fingerprint density at radius 2 is 2.25 bits per heavy atom. The molecule has 0 radical (unpaired) electrons. The smallest absolute Gasteiger partial charge is 0.326 e. The second kappa shape index (κ2) is 6.27. The quantitative estimate of drug-likeness (QED) is 0.569. The summed E-state index contributed by atoms with van der Waals surface area (Å²) in [6, 6.07) is -0.983. The molecule has 0 aromatic heterocycles. The first-order valence-electron chi connectivity index (χ1n) is 5.43. The molecule has 2 atom stereocenters. The number of carboxylic acids is 1. The van der Waals surface area contributed by atoms with Crippen molar-refractivity contribution in [3.8, 4) is 0 Å². The molecule has 1 rings (SSSR count). The number of carbonyl (C=O) groups excluding carboxylic acids is 1. The Morgan fingerprint density at radius 1 is 1.50 bits per heavy atom. The number of aliphatic carboxylic acids is 1. The Labute approximate surface area is 94.2 Å². The van der Waals surface area contributed by atoms with Crippen LogP contribution in [0, 0.1) is 5.92 Å². The van der Waals surface area contributed by atoms with Gasteiger partial charge < -0.3 is 15.5 Å². The Hall–Kier alpha value is -1.36. The van der Waals surface area contributed by atoms with Crippen LogP contribution in [0.3, 0.4) is 0 Å². The Morgan fingerprint density at radius 3 is 2.75 bits per heavy atom. The first-order valence-corrected chi connectivity index (χ1v) is 5.43.